The molecule has 0 unspecified atom stereocenters. The van der Waals surface area contributed by atoms with Gasteiger partial charge in [0, 0.05) is 57.9 Å². The number of β-amino-alcohol motifs (C(OH)–C–C–N with tert-alkyl or cyclic N) is 1. The van der Waals surface area contributed by atoms with Gasteiger partial charge in [-0.15, -0.1) is 0 Å². The van der Waals surface area contributed by atoms with Crippen LogP contribution in [-0.4, -0.2) is 92.8 Å². The second-order valence-electron chi connectivity index (χ2n) is 10.9. The maximum atomic E-state index is 13.0. The molecule has 37 heavy (non-hydrogen) atoms. The predicted octanol–water partition coefficient (Wildman–Crippen LogP) is 2.82. The number of hydrogen-bond acceptors (Lipinski definition) is 8. The van der Waals surface area contributed by atoms with Crippen molar-refractivity contribution in [1.29, 1.82) is 0 Å². The summed E-state index contributed by atoms with van der Waals surface area (Å²) in [5, 5.41) is 13.8. The average molecular weight is 505 g/mol. The summed E-state index contributed by atoms with van der Waals surface area (Å²) < 4.78 is 2.21. The standard InChI is InChI=1S/C27H36N8O2/c1-19(36)17-33-10-12-34(13-11-33)21-6-7-23(28-16-21)30-26-29-15-20-14-22-25(37)32(2)18-27(8-4-3-5-9-27)35(22)24(20)31-26/h6-7,14-16,19,36H,3-5,8-13,17-18H2,1-2H3,(H,28,29,30,31)/t19-/m1/s1. The first kappa shape index (κ1) is 24.1. The number of nitrogens with one attached hydrogen (secondary N) is 1. The minimum atomic E-state index is -0.299. The fourth-order valence-corrected chi connectivity index (χ4v) is 6.38. The number of carbonyl (C=O) groups excluding carboxylic acids is 1. The Labute approximate surface area is 217 Å². The number of amides is 1. The SMILES string of the molecule is C[C@@H](O)CN1CCN(c2ccc(Nc3ncc4cc5n(c4n3)C3(CCCCC3)CN(C)C5=O)nc2)CC1. The van der Waals surface area contributed by atoms with Gasteiger partial charge in [0.2, 0.25) is 5.95 Å². The topological polar surface area (TPSA) is 103 Å². The minimum Gasteiger partial charge on any atom is -0.392 e. The zero-order chi connectivity index (χ0) is 25.6. The first-order valence-electron chi connectivity index (χ1n) is 13.4. The van der Waals surface area contributed by atoms with Crippen LogP contribution in [0.1, 0.15) is 49.5 Å². The van der Waals surface area contributed by atoms with Crippen LogP contribution in [0.2, 0.25) is 0 Å². The van der Waals surface area contributed by atoms with Gasteiger partial charge in [0.1, 0.15) is 17.2 Å². The highest BCUT2D eigenvalue weighted by Gasteiger charge is 2.43. The normalized spacial score (nSPS) is 20.9. The van der Waals surface area contributed by atoms with Crippen LogP contribution in [0.3, 0.4) is 0 Å². The monoisotopic (exact) mass is 504 g/mol. The van der Waals surface area contributed by atoms with E-state index in [1.54, 1.807) is 6.20 Å². The fourth-order valence-electron chi connectivity index (χ4n) is 6.38. The molecule has 10 heteroatoms. The lowest BCUT2D eigenvalue weighted by atomic mass is 9.79. The highest BCUT2D eigenvalue weighted by atomic mass is 16.3. The highest BCUT2D eigenvalue weighted by Crippen LogP contribution is 2.42. The summed E-state index contributed by atoms with van der Waals surface area (Å²) in [6.45, 7) is 6.97. The number of anilines is 3. The van der Waals surface area contributed by atoms with E-state index in [-0.39, 0.29) is 17.6 Å². The summed E-state index contributed by atoms with van der Waals surface area (Å²) in [4.78, 5) is 33.6. The minimum absolute atomic E-state index is 0.0488. The molecule has 1 saturated heterocycles. The highest BCUT2D eigenvalue weighted by molar-refractivity contribution is 5.99. The predicted molar refractivity (Wildman–Crippen MR) is 143 cm³/mol. The molecule has 1 amide bonds. The molecule has 0 radical (unpaired) electrons. The van der Waals surface area contributed by atoms with E-state index in [0.717, 1.165) is 68.8 Å². The molecule has 196 valence electrons. The summed E-state index contributed by atoms with van der Waals surface area (Å²) in [5.74, 6) is 1.22. The number of likely N-dealkylation sites (N-methyl/N-ethyl adjacent to an activating group) is 1. The van der Waals surface area contributed by atoms with E-state index in [2.05, 4.69) is 35.7 Å². The summed E-state index contributed by atoms with van der Waals surface area (Å²) in [6.07, 6.45) is 9.10. The fraction of sp³-hybridized carbons (Fsp3) is 0.556. The molecule has 5 heterocycles. The molecule has 3 aromatic heterocycles. The van der Waals surface area contributed by atoms with Crippen molar-refractivity contribution in [1.82, 2.24) is 29.3 Å². The Morgan fingerprint density at radius 1 is 1.08 bits per heavy atom. The van der Waals surface area contributed by atoms with Crippen molar-refractivity contribution in [2.75, 3.05) is 56.5 Å². The van der Waals surface area contributed by atoms with Gasteiger partial charge in [-0.1, -0.05) is 19.3 Å². The number of pyridine rings is 1. The smallest absolute Gasteiger partial charge is 0.270 e. The van der Waals surface area contributed by atoms with Gasteiger partial charge in [-0.3, -0.25) is 9.69 Å². The molecule has 0 aromatic carbocycles. The van der Waals surface area contributed by atoms with Crippen molar-refractivity contribution in [2.24, 2.45) is 0 Å². The van der Waals surface area contributed by atoms with Crippen molar-refractivity contribution in [3.63, 3.8) is 0 Å². The Morgan fingerprint density at radius 3 is 2.57 bits per heavy atom. The van der Waals surface area contributed by atoms with Gasteiger partial charge in [-0.25, -0.2) is 9.97 Å². The Balaban J connectivity index is 1.22. The van der Waals surface area contributed by atoms with Crippen molar-refractivity contribution >= 4 is 34.4 Å². The second-order valence-corrected chi connectivity index (χ2v) is 10.9. The van der Waals surface area contributed by atoms with Gasteiger partial charge in [-0.05, 0) is 38.0 Å². The van der Waals surface area contributed by atoms with Crippen LogP contribution in [0.4, 0.5) is 17.5 Å². The molecule has 1 saturated carbocycles. The quantitative estimate of drug-likeness (QED) is 0.547. The Bertz CT molecular complexity index is 1270. The number of hydrogen-bond donors (Lipinski definition) is 2. The summed E-state index contributed by atoms with van der Waals surface area (Å²) in [5.41, 5.74) is 2.53. The molecule has 1 aliphatic carbocycles. The van der Waals surface area contributed by atoms with Crippen molar-refractivity contribution < 1.29 is 9.90 Å². The Morgan fingerprint density at radius 2 is 1.86 bits per heavy atom. The Kier molecular flexibility index (Phi) is 6.24. The molecule has 3 aromatic rings. The van der Waals surface area contributed by atoms with Gasteiger partial charge < -0.3 is 24.8 Å². The third-order valence-corrected chi connectivity index (χ3v) is 8.14. The largest absolute Gasteiger partial charge is 0.392 e. The van der Waals surface area contributed by atoms with Gasteiger partial charge in [0.15, 0.2) is 0 Å². The molecule has 6 rings (SSSR count). The molecule has 3 aliphatic rings. The van der Waals surface area contributed by atoms with E-state index in [0.29, 0.717) is 17.5 Å². The van der Waals surface area contributed by atoms with Crippen molar-refractivity contribution in [3.05, 3.63) is 36.3 Å². The van der Waals surface area contributed by atoms with E-state index in [9.17, 15) is 9.90 Å². The van der Waals surface area contributed by atoms with Crippen LogP contribution < -0.4 is 10.2 Å². The number of aliphatic hydroxyl groups is 1. The first-order valence-corrected chi connectivity index (χ1v) is 13.4. The van der Waals surface area contributed by atoms with Crippen molar-refractivity contribution in [3.8, 4) is 0 Å². The molecule has 10 nitrogen and oxygen atoms in total. The molecule has 1 spiro atoms. The average Bonchev–Trinajstić information content (AvgIpc) is 3.29. The van der Waals surface area contributed by atoms with E-state index < -0.39 is 0 Å². The molecular weight excluding hydrogens is 468 g/mol. The zero-order valence-corrected chi connectivity index (χ0v) is 21.7. The molecular formula is C27H36N8O2. The number of aliphatic hydroxyl groups excluding tert-OH is 1. The number of piperazine rings is 1. The lowest BCUT2D eigenvalue weighted by molar-refractivity contribution is 0.0543. The van der Waals surface area contributed by atoms with Gasteiger partial charge in [0.25, 0.3) is 5.91 Å². The molecule has 1 atom stereocenters. The van der Waals surface area contributed by atoms with Crippen LogP contribution in [0.5, 0.6) is 0 Å². The number of nitrogens with zero attached hydrogens (tertiary/aromatic N) is 7. The van der Waals surface area contributed by atoms with Crippen LogP contribution in [0.15, 0.2) is 30.6 Å². The summed E-state index contributed by atoms with van der Waals surface area (Å²) in [6, 6.07) is 5.98. The van der Waals surface area contributed by atoms with Gasteiger partial charge >= 0.3 is 0 Å². The molecule has 2 aliphatic heterocycles. The van der Waals surface area contributed by atoms with E-state index in [4.69, 9.17) is 4.98 Å². The lowest BCUT2D eigenvalue weighted by Gasteiger charge is -2.45. The molecule has 0 bridgehead atoms. The third kappa shape index (κ3) is 4.53. The zero-order valence-electron chi connectivity index (χ0n) is 21.7. The van der Waals surface area contributed by atoms with Gasteiger partial charge in [0.05, 0.1) is 23.5 Å². The van der Waals surface area contributed by atoms with Crippen LogP contribution in [0.25, 0.3) is 11.0 Å². The molecule has 2 N–H and O–H groups in total. The number of fused-ring (bicyclic) bond motifs is 4. The van der Waals surface area contributed by atoms with Crippen molar-refractivity contribution in [2.45, 2.75) is 50.7 Å². The molecule has 2 fully saturated rings. The second kappa shape index (κ2) is 9.57. The van der Waals surface area contributed by atoms with E-state index in [1.807, 2.05) is 37.2 Å². The Hall–Kier alpha value is -3.24. The van der Waals surface area contributed by atoms with Crippen LogP contribution >= 0.6 is 0 Å². The van der Waals surface area contributed by atoms with Gasteiger partial charge in [-0.2, -0.15) is 4.98 Å². The van der Waals surface area contributed by atoms with Crippen LogP contribution in [-0.2, 0) is 5.54 Å². The summed E-state index contributed by atoms with van der Waals surface area (Å²) in [7, 11) is 1.91. The third-order valence-electron chi connectivity index (χ3n) is 8.14. The first-order chi connectivity index (χ1) is 17.9. The van der Waals surface area contributed by atoms with Crippen LogP contribution in [0, 0.1) is 0 Å². The lowest BCUT2D eigenvalue weighted by Crippen LogP contribution is -2.53. The van der Waals surface area contributed by atoms with E-state index >= 15 is 0 Å². The number of rotatable bonds is 5. The maximum Gasteiger partial charge on any atom is 0.270 e. The number of carbonyl (C=O) groups is 1. The summed E-state index contributed by atoms with van der Waals surface area (Å²) >= 11 is 0. The number of aromatic nitrogens is 4. The maximum absolute atomic E-state index is 13.0. The van der Waals surface area contributed by atoms with E-state index in [1.165, 1.54) is 19.3 Å².